The molecule has 2 heteroatoms. The van der Waals surface area contributed by atoms with E-state index >= 15 is 0 Å². The van der Waals surface area contributed by atoms with Crippen molar-refractivity contribution < 1.29 is 8.78 Å². The van der Waals surface area contributed by atoms with Crippen LogP contribution in [0.15, 0.2) is 0 Å². The first-order valence-electron chi connectivity index (χ1n) is 7.93. The summed E-state index contributed by atoms with van der Waals surface area (Å²) < 4.78 is 26.7. The van der Waals surface area contributed by atoms with E-state index in [9.17, 15) is 8.78 Å². The molecule has 4 aliphatic rings. The number of alkyl halides is 2. The van der Waals surface area contributed by atoms with Crippen LogP contribution in [0.3, 0.4) is 0 Å². The summed E-state index contributed by atoms with van der Waals surface area (Å²) in [5.74, 6) is 0.0802. The first-order chi connectivity index (χ1) is 8.55. The Kier molecular flexibility index (Phi) is 2.40. The molecule has 3 atom stereocenters. The SMILES string of the molecule is FC1(F)C[C@H]2CC(C3CCC4(CC3)CC4)C[C@H]2C1. The molecular weight excluding hydrogens is 230 g/mol. The van der Waals surface area contributed by atoms with Gasteiger partial charge in [-0.25, -0.2) is 8.78 Å². The minimum absolute atomic E-state index is 0.199. The topological polar surface area (TPSA) is 0 Å². The molecule has 0 aromatic carbocycles. The fourth-order valence-electron chi connectivity index (χ4n) is 5.39. The second-order valence-corrected chi connectivity index (χ2v) is 7.85. The number of fused-ring (bicyclic) bond motifs is 1. The Balaban J connectivity index is 1.35. The minimum Gasteiger partial charge on any atom is -0.207 e. The molecule has 0 aliphatic heterocycles. The minimum atomic E-state index is -2.33. The van der Waals surface area contributed by atoms with Crippen molar-refractivity contribution in [2.45, 2.75) is 70.1 Å². The van der Waals surface area contributed by atoms with Crippen LogP contribution in [0.2, 0.25) is 0 Å². The van der Waals surface area contributed by atoms with E-state index in [1.54, 1.807) is 0 Å². The molecule has 18 heavy (non-hydrogen) atoms. The highest BCUT2D eigenvalue weighted by Gasteiger charge is 2.53. The van der Waals surface area contributed by atoms with Crippen LogP contribution in [-0.4, -0.2) is 5.92 Å². The van der Waals surface area contributed by atoms with Crippen LogP contribution in [0.25, 0.3) is 0 Å². The Morgan fingerprint density at radius 1 is 0.667 bits per heavy atom. The molecule has 4 fully saturated rings. The lowest BCUT2D eigenvalue weighted by Crippen LogP contribution is -2.22. The highest BCUT2D eigenvalue weighted by atomic mass is 19.3. The van der Waals surface area contributed by atoms with Gasteiger partial charge in [0.25, 0.3) is 0 Å². The van der Waals surface area contributed by atoms with Crippen molar-refractivity contribution in [3.8, 4) is 0 Å². The summed E-state index contributed by atoms with van der Waals surface area (Å²) in [6.07, 6.45) is 11.3. The van der Waals surface area contributed by atoms with E-state index in [-0.39, 0.29) is 12.8 Å². The fraction of sp³-hybridized carbons (Fsp3) is 1.00. The number of hydrogen-bond acceptors (Lipinski definition) is 0. The van der Waals surface area contributed by atoms with Gasteiger partial charge in [0.15, 0.2) is 0 Å². The van der Waals surface area contributed by atoms with Crippen LogP contribution in [-0.2, 0) is 0 Å². The van der Waals surface area contributed by atoms with E-state index in [2.05, 4.69) is 0 Å². The Morgan fingerprint density at radius 3 is 1.72 bits per heavy atom. The average Bonchev–Trinajstić information content (AvgIpc) is 2.84. The molecule has 1 unspecified atom stereocenters. The second kappa shape index (κ2) is 3.70. The molecule has 0 nitrogen and oxygen atoms in total. The molecule has 0 saturated heterocycles. The molecule has 0 bridgehead atoms. The molecule has 0 aromatic rings. The number of rotatable bonds is 1. The Bertz CT molecular complexity index is 319. The largest absolute Gasteiger partial charge is 0.248 e. The molecular formula is C16H24F2. The first kappa shape index (κ1) is 11.7. The lowest BCUT2D eigenvalue weighted by molar-refractivity contribution is -0.00264. The maximum absolute atomic E-state index is 13.3. The van der Waals surface area contributed by atoms with Gasteiger partial charge in [-0.15, -0.1) is 0 Å². The van der Waals surface area contributed by atoms with Crippen LogP contribution >= 0.6 is 0 Å². The van der Waals surface area contributed by atoms with Gasteiger partial charge in [-0.1, -0.05) is 0 Å². The highest BCUT2D eigenvalue weighted by molar-refractivity contribution is 5.00. The van der Waals surface area contributed by atoms with Gasteiger partial charge in [0.05, 0.1) is 0 Å². The van der Waals surface area contributed by atoms with Crippen molar-refractivity contribution >= 4 is 0 Å². The van der Waals surface area contributed by atoms with Gasteiger partial charge in [-0.3, -0.25) is 0 Å². The van der Waals surface area contributed by atoms with Crippen molar-refractivity contribution in [2.24, 2.45) is 29.1 Å². The summed E-state index contributed by atoms with van der Waals surface area (Å²) >= 11 is 0. The number of halogens is 2. The van der Waals surface area contributed by atoms with Crippen LogP contribution in [0.5, 0.6) is 0 Å². The van der Waals surface area contributed by atoms with Crippen LogP contribution in [0.1, 0.15) is 64.2 Å². The van der Waals surface area contributed by atoms with Crippen LogP contribution in [0, 0.1) is 29.1 Å². The van der Waals surface area contributed by atoms with Crippen molar-refractivity contribution in [2.75, 3.05) is 0 Å². The first-order valence-corrected chi connectivity index (χ1v) is 7.93. The fourth-order valence-corrected chi connectivity index (χ4v) is 5.39. The van der Waals surface area contributed by atoms with E-state index in [4.69, 9.17) is 0 Å². The molecule has 4 rings (SSSR count). The summed E-state index contributed by atoms with van der Waals surface area (Å²) in [6.45, 7) is 0. The quantitative estimate of drug-likeness (QED) is 0.615. The standard InChI is InChI=1S/C16H24F2/c17-16(18)9-13-7-12(8-14(13)10-16)11-1-3-15(4-2-11)5-6-15/h11-14H,1-10H2/t12?,13-,14+. The average molecular weight is 254 g/mol. The van der Waals surface area contributed by atoms with Crippen molar-refractivity contribution in [1.82, 2.24) is 0 Å². The summed E-state index contributed by atoms with van der Waals surface area (Å²) in [5, 5.41) is 0. The van der Waals surface area contributed by atoms with Crippen LogP contribution < -0.4 is 0 Å². The lowest BCUT2D eigenvalue weighted by atomic mass is 9.73. The molecule has 1 spiro atoms. The van der Waals surface area contributed by atoms with Gasteiger partial charge < -0.3 is 0 Å². The van der Waals surface area contributed by atoms with Gasteiger partial charge in [0.2, 0.25) is 5.92 Å². The predicted octanol–water partition coefficient (Wildman–Crippen LogP) is 5.03. The Labute approximate surface area is 109 Å². The maximum Gasteiger partial charge on any atom is 0.248 e. The zero-order chi connectivity index (χ0) is 12.4. The van der Waals surface area contributed by atoms with Gasteiger partial charge in [-0.2, -0.15) is 0 Å². The molecule has 0 radical (unpaired) electrons. The summed E-state index contributed by atoms with van der Waals surface area (Å²) in [5.41, 5.74) is 0.776. The Morgan fingerprint density at radius 2 is 1.22 bits per heavy atom. The van der Waals surface area contributed by atoms with Gasteiger partial charge in [0, 0.05) is 12.8 Å². The summed E-state index contributed by atoms with van der Waals surface area (Å²) in [4.78, 5) is 0. The smallest absolute Gasteiger partial charge is 0.207 e. The number of hydrogen-bond donors (Lipinski definition) is 0. The zero-order valence-electron chi connectivity index (χ0n) is 11.1. The van der Waals surface area contributed by atoms with E-state index in [0.717, 1.165) is 30.1 Å². The molecule has 4 aliphatic carbocycles. The van der Waals surface area contributed by atoms with E-state index in [1.807, 2.05) is 0 Å². The van der Waals surface area contributed by atoms with E-state index < -0.39 is 5.92 Å². The van der Waals surface area contributed by atoms with Gasteiger partial charge in [0.1, 0.15) is 0 Å². The van der Waals surface area contributed by atoms with Gasteiger partial charge >= 0.3 is 0 Å². The Hall–Kier alpha value is -0.140. The third kappa shape index (κ3) is 1.91. The third-order valence-electron chi connectivity index (χ3n) is 6.71. The zero-order valence-corrected chi connectivity index (χ0v) is 11.1. The highest BCUT2D eigenvalue weighted by Crippen LogP contribution is 2.61. The molecule has 0 heterocycles. The second-order valence-electron chi connectivity index (χ2n) is 7.85. The summed E-state index contributed by atoms with van der Waals surface area (Å²) in [6, 6.07) is 0. The van der Waals surface area contributed by atoms with Crippen LogP contribution in [0.4, 0.5) is 8.78 Å². The van der Waals surface area contributed by atoms with Crippen molar-refractivity contribution in [1.29, 1.82) is 0 Å². The molecule has 0 N–H and O–H groups in total. The van der Waals surface area contributed by atoms with Gasteiger partial charge in [-0.05, 0) is 80.5 Å². The normalized spacial score (nSPS) is 45.3. The van der Waals surface area contributed by atoms with E-state index in [1.165, 1.54) is 38.5 Å². The molecule has 0 amide bonds. The summed E-state index contributed by atoms with van der Waals surface area (Å²) in [7, 11) is 0. The molecule has 0 aromatic heterocycles. The predicted molar refractivity (Wildman–Crippen MR) is 67.5 cm³/mol. The van der Waals surface area contributed by atoms with E-state index in [0.29, 0.717) is 11.8 Å². The maximum atomic E-state index is 13.3. The monoisotopic (exact) mass is 254 g/mol. The van der Waals surface area contributed by atoms with Crippen molar-refractivity contribution in [3.63, 3.8) is 0 Å². The molecule has 102 valence electrons. The third-order valence-corrected chi connectivity index (χ3v) is 6.71. The molecule has 4 saturated carbocycles. The lowest BCUT2D eigenvalue weighted by Gasteiger charge is -2.33. The van der Waals surface area contributed by atoms with Crippen molar-refractivity contribution in [3.05, 3.63) is 0 Å².